The van der Waals surface area contributed by atoms with Crippen LogP contribution in [0.4, 0.5) is 20.7 Å². The molecule has 4 rings (SSSR count). The van der Waals surface area contributed by atoms with Crippen LogP contribution in [0.3, 0.4) is 0 Å². The molecule has 0 saturated carbocycles. The maximum Gasteiger partial charge on any atom is 0.324 e. The molecule has 0 aliphatic rings. The molecule has 0 bridgehead atoms. The highest BCUT2D eigenvalue weighted by Crippen LogP contribution is 2.26. The number of pyridine rings is 1. The number of carbonyl (C=O) groups is 1. The number of hydrogen-bond donors (Lipinski definition) is 3. The van der Waals surface area contributed by atoms with E-state index in [1.54, 1.807) is 35.0 Å². The number of aromatic nitrogens is 6. The van der Waals surface area contributed by atoms with Crippen LogP contribution < -0.4 is 15.4 Å². The molecule has 0 spiro atoms. The molecule has 0 saturated heterocycles. The van der Waals surface area contributed by atoms with Gasteiger partial charge in [0.2, 0.25) is 0 Å². The number of nitrogens with zero attached hydrogens (tertiary/aromatic N) is 5. The highest BCUT2D eigenvalue weighted by Gasteiger charge is 2.15. The van der Waals surface area contributed by atoms with Gasteiger partial charge in [0.15, 0.2) is 5.82 Å². The van der Waals surface area contributed by atoms with E-state index in [1.165, 1.54) is 24.8 Å². The molecule has 2 amide bonds. The van der Waals surface area contributed by atoms with Crippen molar-refractivity contribution in [3.63, 3.8) is 0 Å². The molecule has 3 aromatic heterocycles. The van der Waals surface area contributed by atoms with Gasteiger partial charge in [-0.05, 0) is 30.0 Å². The minimum absolute atomic E-state index is 0.00482. The van der Waals surface area contributed by atoms with Gasteiger partial charge >= 0.3 is 6.03 Å². The van der Waals surface area contributed by atoms with Crippen LogP contribution in [-0.2, 0) is 6.42 Å². The van der Waals surface area contributed by atoms with Gasteiger partial charge in [-0.25, -0.2) is 14.2 Å². The molecule has 0 unspecified atom stereocenters. The lowest BCUT2D eigenvalue weighted by molar-refractivity contribution is 0.262. The van der Waals surface area contributed by atoms with E-state index in [1.807, 2.05) is 0 Å². The minimum atomic E-state index is -0.647. The van der Waals surface area contributed by atoms with E-state index in [9.17, 15) is 9.18 Å². The van der Waals surface area contributed by atoms with Crippen LogP contribution in [0.1, 0.15) is 26.5 Å². The van der Waals surface area contributed by atoms with Gasteiger partial charge in [0.25, 0.3) is 0 Å². The predicted octanol–water partition coefficient (Wildman–Crippen LogP) is 4.55. The Kier molecular flexibility index (Phi) is 6.03. The van der Waals surface area contributed by atoms with Gasteiger partial charge in [-0.3, -0.25) is 15.0 Å². The fourth-order valence-corrected chi connectivity index (χ4v) is 3.08. The standard InChI is InChI=1S/C22H23FN8O2/c1-22(2,3)11-14-8-19(30-29-14)28-21(32)27-18-5-4-15(9-17(18)23)33-16-6-7-24-20(10-16)31-12-25-26-13-31/h4-10,12-13H,11H2,1-3H3,(H3,27,28,29,30,32). The molecular formula is C22H23FN8O2. The van der Waals surface area contributed by atoms with Gasteiger partial charge in [-0.1, -0.05) is 20.8 Å². The van der Waals surface area contributed by atoms with Crippen molar-refractivity contribution in [1.82, 2.24) is 29.9 Å². The first-order chi connectivity index (χ1) is 15.7. The zero-order valence-corrected chi connectivity index (χ0v) is 18.3. The van der Waals surface area contributed by atoms with Crippen molar-refractivity contribution in [2.24, 2.45) is 5.41 Å². The molecular weight excluding hydrogens is 427 g/mol. The van der Waals surface area contributed by atoms with Crippen molar-refractivity contribution in [3.8, 4) is 17.3 Å². The van der Waals surface area contributed by atoms with Crippen LogP contribution in [-0.4, -0.2) is 36.0 Å². The maximum atomic E-state index is 14.6. The Labute approximate surface area is 189 Å². The van der Waals surface area contributed by atoms with E-state index >= 15 is 0 Å². The quantitative estimate of drug-likeness (QED) is 0.396. The topological polar surface area (TPSA) is 123 Å². The van der Waals surface area contributed by atoms with Crippen molar-refractivity contribution in [2.45, 2.75) is 27.2 Å². The molecule has 10 nitrogen and oxygen atoms in total. The van der Waals surface area contributed by atoms with Gasteiger partial charge < -0.3 is 10.1 Å². The summed E-state index contributed by atoms with van der Waals surface area (Å²) >= 11 is 0. The number of anilines is 2. The molecule has 0 fully saturated rings. The molecule has 0 atom stereocenters. The maximum absolute atomic E-state index is 14.6. The normalized spacial score (nSPS) is 11.3. The first kappa shape index (κ1) is 21.9. The van der Waals surface area contributed by atoms with Gasteiger partial charge in [-0.15, -0.1) is 10.2 Å². The second kappa shape index (κ2) is 9.07. The number of nitrogens with one attached hydrogen (secondary N) is 3. The summed E-state index contributed by atoms with van der Waals surface area (Å²) in [5, 5.41) is 19.5. The second-order valence-electron chi connectivity index (χ2n) is 8.56. The fourth-order valence-electron chi connectivity index (χ4n) is 3.08. The molecule has 170 valence electrons. The second-order valence-corrected chi connectivity index (χ2v) is 8.56. The van der Waals surface area contributed by atoms with Crippen LogP contribution in [0, 0.1) is 11.2 Å². The third-order valence-electron chi connectivity index (χ3n) is 4.42. The van der Waals surface area contributed by atoms with E-state index in [0.29, 0.717) is 17.4 Å². The Bertz CT molecular complexity index is 1250. The number of hydrogen-bond acceptors (Lipinski definition) is 6. The molecule has 11 heteroatoms. The summed E-state index contributed by atoms with van der Waals surface area (Å²) < 4.78 is 21.9. The number of halogens is 1. The summed E-state index contributed by atoms with van der Waals surface area (Å²) in [6.07, 6.45) is 5.35. The van der Waals surface area contributed by atoms with E-state index in [-0.39, 0.29) is 16.9 Å². The van der Waals surface area contributed by atoms with Crippen molar-refractivity contribution < 1.29 is 13.9 Å². The number of amides is 2. The van der Waals surface area contributed by atoms with Crippen LogP contribution >= 0.6 is 0 Å². The molecule has 0 aliphatic carbocycles. The summed E-state index contributed by atoms with van der Waals surface area (Å²) in [5.41, 5.74) is 0.979. The van der Waals surface area contributed by atoms with Gasteiger partial charge in [0.05, 0.1) is 5.69 Å². The lowest BCUT2D eigenvalue weighted by atomic mass is 9.91. The Hall–Kier alpha value is -4.28. The van der Waals surface area contributed by atoms with Crippen molar-refractivity contribution >= 4 is 17.5 Å². The van der Waals surface area contributed by atoms with Crippen molar-refractivity contribution in [3.05, 3.63) is 66.8 Å². The predicted molar refractivity (Wildman–Crippen MR) is 120 cm³/mol. The third-order valence-corrected chi connectivity index (χ3v) is 4.42. The van der Waals surface area contributed by atoms with Crippen LogP contribution in [0.25, 0.3) is 5.82 Å². The van der Waals surface area contributed by atoms with Crippen molar-refractivity contribution in [2.75, 3.05) is 10.6 Å². The first-order valence-corrected chi connectivity index (χ1v) is 10.2. The van der Waals surface area contributed by atoms with Gasteiger partial charge in [0, 0.05) is 30.1 Å². The number of carbonyl (C=O) groups excluding carboxylic acids is 1. The van der Waals surface area contributed by atoms with Crippen LogP contribution in [0.5, 0.6) is 11.5 Å². The largest absolute Gasteiger partial charge is 0.457 e. The lowest BCUT2D eigenvalue weighted by Crippen LogP contribution is -2.20. The van der Waals surface area contributed by atoms with Crippen LogP contribution in [0.2, 0.25) is 0 Å². The number of rotatable bonds is 6. The monoisotopic (exact) mass is 450 g/mol. The van der Waals surface area contributed by atoms with Crippen molar-refractivity contribution in [1.29, 1.82) is 0 Å². The Balaban J connectivity index is 1.38. The average Bonchev–Trinajstić information content (AvgIpc) is 3.41. The number of H-pyrrole nitrogens is 1. The summed E-state index contributed by atoms with van der Waals surface area (Å²) in [7, 11) is 0. The molecule has 4 aromatic rings. The fraction of sp³-hybridized carbons (Fsp3) is 0.227. The number of aromatic amines is 1. The average molecular weight is 450 g/mol. The van der Waals surface area contributed by atoms with Gasteiger partial charge in [-0.2, -0.15) is 5.10 Å². The Morgan fingerprint density at radius 1 is 1.09 bits per heavy atom. The number of benzene rings is 1. The summed E-state index contributed by atoms with van der Waals surface area (Å²) in [6, 6.07) is 8.60. The van der Waals surface area contributed by atoms with Crippen LogP contribution in [0.15, 0.2) is 55.2 Å². The first-order valence-electron chi connectivity index (χ1n) is 10.2. The zero-order chi connectivity index (χ0) is 23.4. The molecule has 3 heterocycles. The lowest BCUT2D eigenvalue weighted by Gasteiger charge is -2.15. The Morgan fingerprint density at radius 3 is 2.58 bits per heavy atom. The van der Waals surface area contributed by atoms with E-state index < -0.39 is 11.8 Å². The highest BCUT2D eigenvalue weighted by molar-refractivity contribution is 5.99. The molecule has 1 aromatic carbocycles. The smallest absolute Gasteiger partial charge is 0.324 e. The molecule has 0 aliphatic heterocycles. The number of ether oxygens (including phenoxy) is 1. The zero-order valence-electron chi connectivity index (χ0n) is 18.3. The third kappa shape index (κ3) is 5.91. The van der Waals surface area contributed by atoms with Gasteiger partial charge in [0.1, 0.15) is 35.8 Å². The van der Waals surface area contributed by atoms with E-state index in [4.69, 9.17) is 4.74 Å². The number of urea groups is 1. The minimum Gasteiger partial charge on any atom is -0.457 e. The van der Waals surface area contributed by atoms with E-state index in [0.717, 1.165) is 12.1 Å². The highest BCUT2D eigenvalue weighted by atomic mass is 19.1. The molecule has 33 heavy (non-hydrogen) atoms. The van der Waals surface area contributed by atoms with E-state index in [2.05, 4.69) is 56.8 Å². The summed E-state index contributed by atoms with van der Waals surface area (Å²) in [4.78, 5) is 16.5. The molecule has 3 N–H and O–H groups in total. The summed E-state index contributed by atoms with van der Waals surface area (Å²) in [5.74, 6) is 0.978. The SMILES string of the molecule is CC(C)(C)Cc1cc(NC(=O)Nc2ccc(Oc3ccnc(-n4cnnc4)c3)cc2F)n[nH]1. The summed E-state index contributed by atoms with van der Waals surface area (Å²) in [6.45, 7) is 6.32. The Morgan fingerprint density at radius 2 is 1.85 bits per heavy atom. The molecule has 0 radical (unpaired) electrons.